The van der Waals surface area contributed by atoms with Gasteiger partial charge in [-0.2, -0.15) is 25.3 Å². The van der Waals surface area contributed by atoms with Crippen molar-refractivity contribution in [2.45, 2.75) is 25.4 Å². The molecule has 0 amide bonds. The van der Waals surface area contributed by atoms with E-state index in [1.54, 1.807) is 6.07 Å². The van der Waals surface area contributed by atoms with Gasteiger partial charge in [0.15, 0.2) is 5.78 Å². The molecule has 2 aromatic rings. The van der Waals surface area contributed by atoms with Crippen LogP contribution in [0.2, 0.25) is 0 Å². The molecule has 3 nitrogen and oxygen atoms in total. The van der Waals surface area contributed by atoms with Crippen LogP contribution in [0.5, 0.6) is 0 Å². The van der Waals surface area contributed by atoms with Gasteiger partial charge in [0.05, 0.1) is 22.4 Å². The Bertz CT molecular complexity index is 626. The zero-order valence-corrected chi connectivity index (χ0v) is 12.7. The number of nitrogens with zero attached hydrogens (tertiary/aromatic N) is 2. The van der Waals surface area contributed by atoms with Gasteiger partial charge in [0.1, 0.15) is 0 Å². The van der Waals surface area contributed by atoms with Gasteiger partial charge in [-0.15, -0.1) is 0 Å². The first kappa shape index (κ1) is 14.3. The summed E-state index contributed by atoms with van der Waals surface area (Å²) in [5, 5.41) is 0. The fourth-order valence-corrected chi connectivity index (χ4v) is 2.37. The molecule has 0 aliphatic rings. The van der Waals surface area contributed by atoms with Crippen molar-refractivity contribution in [2.24, 2.45) is 5.92 Å². The van der Waals surface area contributed by atoms with E-state index < -0.39 is 0 Å². The Morgan fingerprint density at radius 2 is 1.68 bits per heavy atom. The molecule has 0 saturated heterocycles. The van der Waals surface area contributed by atoms with Crippen LogP contribution in [0.3, 0.4) is 0 Å². The lowest BCUT2D eigenvalue weighted by molar-refractivity contribution is 0.0939. The monoisotopic (exact) mass is 292 g/mol. The lowest BCUT2D eigenvalue weighted by Crippen LogP contribution is -2.08. The van der Waals surface area contributed by atoms with Crippen LogP contribution in [0.25, 0.3) is 11.0 Å². The smallest absolute Gasteiger partial charge is 0.165 e. The molecule has 0 saturated carbocycles. The van der Waals surface area contributed by atoms with Gasteiger partial charge < -0.3 is 0 Å². The zero-order chi connectivity index (χ0) is 14.0. The van der Waals surface area contributed by atoms with E-state index in [0.29, 0.717) is 17.1 Å². The van der Waals surface area contributed by atoms with E-state index in [1.807, 2.05) is 26.0 Å². The van der Waals surface area contributed by atoms with Gasteiger partial charge in [-0.1, -0.05) is 13.8 Å². The number of aromatic nitrogens is 2. The number of fused-ring (bicyclic) bond motifs is 1. The second kappa shape index (κ2) is 5.92. The average Bonchev–Trinajstić information content (AvgIpc) is 2.44. The van der Waals surface area contributed by atoms with Gasteiger partial charge in [0, 0.05) is 23.0 Å². The lowest BCUT2D eigenvalue weighted by atomic mass is 10.0. The zero-order valence-electron chi connectivity index (χ0n) is 10.9. The third-order valence-corrected chi connectivity index (χ3v) is 3.53. The highest BCUT2D eigenvalue weighted by Gasteiger charge is 2.13. The first-order chi connectivity index (χ1) is 9.06. The summed E-state index contributed by atoms with van der Waals surface area (Å²) in [7, 11) is 0. The maximum absolute atomic E-state index is 12.0. The molecule has 1 aromatic heterocycles. The molecular formula is C14H16N2OS2. The molecule has 19 heavy (non-hydrogen) atoms. The van der Waals surface area contributed by atoms with Crippen molar-refractivity contribution in [3.63, 3.8) is 0 Å². The number of carbonyl (C=O) groups excluding carboxylic acids is 1. The second-order valence-electron chi connectivity index (χ2n) is 4.66. The largest absolute Gasteiger partial charge is 0.294 e. The van der Waals surface area contributed by atoms with Crippen molar-refractivity contribution >= 4 is 42.1 Å². The maximum Gasteiger partial charge on any atom is 0.165 e. The molecule has 1 heterocycles. The molecule has 0 bridgehead atoms. The Labute approximate surface area is 123 Å². The van der Waals surface area contributed by atoms with Crippen LogP contribution < -0.4 is 0 Å². The standard InChI is InChI=1S/C14H16N2OS2/c1-8(2)14(17)9-3-4-10-11(5-9)16-13(7-19)12(6-18)15-10/h3-5,8,18-19H,6-7H2,1-2H3. The highest BCUT2D eigenvalue weighted by molar-refractivity contribution is 7.79. The lowest BCUT2D eigenvalue weighted by Gasteiger charge is -2.08. The van der Waals surface area contributed by atoms with E-state index in [2.05, 4.69) is 35.2 Å². The van der Waals surface area contributed by atoms with Crippen molar-refractivity contribution in [2.75, 3.05) is 0 Å². The summed E-state index contributed by atoms with van der Waals surface area (Å²) in [4.78, 5) is 21.0. The van der Waals surface area contributed by atoms with Crippen molar-refractivity contribution in [1.82, 2.24) is 9.97 Å². The van der Waals surface area contributed by atoms with Crippen molar-refractivity contribution in [3.05, 3.63) is 35.2 Å². The molecular weight excluding hydrogens is 276 g/mol. The summed E-state index contributed by atoms with van der Waals surface area (Å²) >= 11 is 8.50. The summed E-state index contributed by atoms with van der Waals surface area (Å²) in [5.74, 6) is 1.15. The maximum atomic E-state index is 12.0. The third-order valence-electron chi connectivity index (χ3n) is 2.93. The molecule has 0 fully saturated rings. The molecule has 0 aliphatic carbocycles. The Morgan fingerprint density at radius 1 is 1.11 bits per heavy atom. The normalized spacial score (nSPS) is 11.2. The molecule has 0 radical (unpaired) electrons. The van der Waals surface area contributed by atoms with Crippen LogP contribution in [-0.4, -0.2) is 15.8 Å². The van der Waals surface area contributed by atoms with Gasteiger partial charge in [0.25, 0.3) is 0 Å². The molecule has 0 spiro atoms. The van der Waals surface area contributed by atoms with Gasteiger partial charge in [-0.05, 0) is 18.2 Å². The molecule has 100 valence electrons. The van der Waals surface area contributed by atoms with E-state index in [-0.39, 0.29) is 11.7 Å². The topological polar surface area (TPSA) is 42.9 Å². The van der Waals surface area contributed by atoms with E-state index in [9.17, 15) is 4.79 Å². The van der Waals surface area contributed by atoms with Crippen LogP contribution in [0, 0.1) is 5.92 Å². The Morgan fingerprint density at radius 3 is 2.21 bits per heavy atom. The minimum Gasteiger partial charge on any atom is -0.294 e. The number of hydrogen-bond donors (Lipinski definition) is 2. The molecule has 0 aliphatic heterocycles. The second-order valence-corrected chi connectivity index (χ2v) is 5.29. The Kier molecular flexibility index (Phi) is 4.47. The molecule has 1 aromatic carbocycles. The van der Waals surface area contributed by atoms with Crippen molar-refractivity contribution in [1.29, 1.82) is 0 Å². The number of hydrogen-bond acceptors (Lipinski definition) is 5. The minimum atomic E-state index is -0.0218. The SMILES string of the molecule is CC(C)C(=O)c1ccc2nc(CS)c(CS)nc2c1. The molecule has 0 unspecified atom stereocenters. The number of ketones is 1. The fourth-order valence-electron chi connectivity index (χ4n) is 1.87. The van der Waals surface area contributed by atoms with E-state index in [1.165, 1.54) is 0 Å². The summed E-state index contributed by atoms with van der Waals surface area (Å²) in [6.07, 6.45) is 0. The average molecular weight is 292 g/mol. The predicted molar refractivity (Wildman–Crippen MR) is 84.1 cm³/mol. The van der Waals surface area contributed by atoms with Gasteiger partial charge in [-0.25, -0.2) is 9.97 Å². The van der Waals surface area contributed by atoms with Crippen LogP contribution >= 0.6 is 25.3 Å². The van der Waals surface area contributed by atoms with Crippen LogP contribution in [0.15, 0.2) is 18.2 Å². The highest BCUT2D eigenvalue weighted by Crippen LogP contribution is 2.19. The number of benzene rings is 1. The van der Waals surface area contributed by atoms with Crippen LogP contribution in [0.4, 0.5) is 0 Å². The first-order valence-corrected chi connectivity index (χ1v) is 7.38. The van der Waals surface area contributed by atoms with Gasteiger partial charge >= 0.3 is 0 Å². The van der Waals surface area contributed by atoms with Crippen molar-refractivity contribution in [3.8, 4) is 0 Å². The van der Waals surface area contributed by atoms with E-state index in [4.69, 9.17) is 0 Å². The molecule has 2 rings (SSSR count). The van der Waals surface area contributed by atoms with Crippen LogP contribution in [0.1, 0.15) is 35.6 Å². The number of rotatable bonds is 4. The van der Waals surface area contributed by atoms with E-state index in [0.717, 1.165) is 22.4 Å². The molecule has 0 atom stereocenters. The molecule has 5 heteroatoms. The first-order valence-electron chi connectivity index (χ1n) is 6.12. The highest BCUT2D eigenvalue weighted by atomic mass is 32.1. The fraction of sp³-hybridized carbons (Fsp3) is 0.357. The number of carbonyl (C=O) groups is 1. The third kappa shape index (κ3) is 2.92. The summed E-state index contributed by atoms with van der Waals surface area (Å²) in [6.45, 7) is 3.78. The Balaban J connectivity index is 2.57. The summed E-state index contributed by atoms with van der Waals surface area (Å²) in [6, 6.07) is 5.45. The number of Topliss-reactive ketones (excluding diaryl/α,β-unsaturated/α-hetero) is 1. The molecule has 0 N–H and O–H groups in total. The van der Waals surface area contributed by atoms with Gasteiger partial charge in [-0.3, -0.25) is 4.79 Å². The summed E-state index contributed by atoms with van der Waals surface area (Å²) < 4.78 is 0. The van der Waals surface area contributed by atoms with E-state index >= 15 is 0 Å². The quantitative estimate of drug-likeness (QED) is 0.671. The number of thiol groups is 2. The van der Waals surface area contributed by atoms with Crippen LogP contribution in [-0.2, 0) is 11.5 Å². The Hall–Kier alpha value is -1.07. The summed E-state index contributed by atoms with van der Waals surface area (Å²) in [5.41, 5.74) is 3.87. The van der Waals surface area contributed by atoms with Crippen molar-refractivity contribution < 1.29 is 4.79 Å². The van der Waals surface area contributed by atoms with Gasteiger partial charge in [0.2, 0.25) is 0 Å². The minimum absolute atomic E-state index is 0.0218. The predicted octanol–water partition coefficient (Wildman–Crippen LogP) is 3.33.